The van der Waals surface area contributed by atoms with Crippen LogP contribution in [0.25, 0.3) is 0 Å². The molecule has 12 nitrogen and oxygen atoms in total. The largest absolute Gasteiger partial charge is 0.480 e. The first-order valence-corrected chi connectivity index (χ1v) is 6.72. The Hall–Kier alpha value is -2.01. The van der Waals surface area contributed by atoms with Crippen molar-refractivity contribution in [1.82, 2.24) is 20.3 Å². The van der Waals surface area contributed by atoms with Gasteiger partial charge in [0.15, 0.2) is 5.82 Å². The number of H-pyrrole nitrogens is 1. The molecule has 1 aromatic rings. The summed E-state index contributed by atoms with van der Waals surface area (Å²) < 4.78 is 10.5. The van der Waals surface area contributed by atoms with Gasteiger partial charge in [0.25, 0.3) is 0 Å². The van der Waals surface area contributed by atoms with E-state index in [0.717, 1.165) is 0 Å². The minimum absolute atomic E-state index is 0.426. The molecule has 1 aromatic heterocycles. The molecule has 0 fully saturated rings. The molecule has 0 saturated carbocycles. The van der Waals surface area contributed by atoms with Gasteiger partial charge in [-0.2, -0.15) is 0 Å². The molecular formula is C7H14N5O7P. The number of aliphatic carboxylic acids is 2. The molecule has 0 unspecified atom stereocenters. The molecule has 20 heavy (non-hydrogen) atoms. The number of nitrogens with zero attached hydrogens (tertiary/aromatic N) is 3. The number of carboxylic acids is 2. The number of rotatable bonds is 6. The molecule has 0 bridgehead atoms. The SMILES string of the molecule is Nc1c[nH]nn1.O=C(O)CN(CC(=O)O)CP(=O)(O)O. The average molecular weight is 311 g/mol. The van der Waals surface area contributed by atoms with Gasteiger partial charge >= 0.3 is 19.5 Å². The zero-order valence-corrected chi connectivity index (χ0v) is 11.0. The quantitative estimate of drug-likeness (QED) is 0.316. The van der Waals surface area contributed by atoms with E-state index < -0.39 is 38.9 Å². The molecule has 114 valence electrons. The van der Waals surface area contributed by atoms with E-state index in [1.165, 1.54) is 6.20 Å². The highest BCUT2D eigenvalue weighted by Crippen LogP contribution is 2.34. The topological polar surface area (TPSA) is 203 Å². The van der Waals surface area contributed by atoms with Crippen LogP contribution in [0.4, 0.5) is 5.82 Å². The molecule has 1 heterocycles. The molecule has 7 N–H and O–H groups in total. The van der Waals surface area contributed by atoms with Crippen molar-refractivity contribution in [3.05, 3.63) is 6.20 Å². The van der Waals surface area contributed by atoms with Gasteiger partial charge in [-0.25, -0.2) is 0 Å². The van der Waals surface area contributed by atoms with Crippen LogP contribution in [0.3, 0.4) is 0 Å². The third kappa shape index (κ3) is 11.1. The van der Waals surface area contributed by atoms with Gasteiger partial charge in [-0.3, -0.25) is 24.2 Å². The molecule has 0 aromatic carbocycles. The summed E-state index contributed by atoms with van der Waals surface area (Å²) in [4.78, 5) is 38.0. The molecule has 0 spiro atoms. The Morgan fingerprint density at radius 2 is 1.80 bits per heavy atom. The van der Waals surface area contributed by atoms with E-state index in [1.54, 1.807) is 0 Å². The number of nitrogens with one attached hydrogen (secondary N) is 1. The van der Waals surface area contributed by atoms with E-state index in [0.29, 0.717) is 10.7 Å². The van der Waals surface area contributed by atoms with Crippen LogP contribution < -0.4 is 5.73 Å². The third-order valence-corrected chi connectivity index (χ3v) is 2.31. The Labute approximate surface area is 112 Å². The van der Waals surface area contributed by atoms with Crippen LogP contribution in [-0.2, 0) is 14.2 Å². The van der Waals surface area contributed by atoms with Crippen LogP contribution in [0, 0.1) is 0 Å². The lowest BCUT2D eigenvalue weighted by molar-refractivity contribution is -0.141. The summed E-state index contributed by atoms with van der Waals surface area (Å²) >= 11 is 0. The fraction of sp³-hybridized carbons (Fsp3) is 0.429. The molecule has 0 atom stereocenters. The number of nitrogen functional groups attached to an aromatic ring is 1. The average Bonchev–Trinajstić information content (AvgIpc) is 2.64. The number of hydrogen-bond donors (Lipinski definition) is 6. The third-order valence-electron chi connectivity index (χ3n) is 1.54. The first kappa shape index (κ1) is 18.0. The van der Waals surface area contributed by atoms with Crippen LogP contribution in [0.5, 0.6) is 0 Å². The second-order valence-corrected chi connectivity index (χ2v) is 5.09. The van der Waals surface area contributed by atoms with Crippen molar-refractivity contribution in [3.63, 3.8) is 0 Å². The van der Waals surface area contributed by atoms with Crippen molar-refractivity contribution in [2.24, 2.45) is 0 Å². The lowest BCUT2D eigenvalue weighted by atomic mass is 10.5. The highest BCUT2D eigenvalue weighted by atomic mass is 31.2. The summed E-state index contributed by atoms with van der Waals surface area (Å²) in [6.07, 6.45) is 0.631. The van der Waals surface area contributed by atoms with Crippen LogP contribution in [0.15, 0.2) is 6.20 Å². The van der Waals surface area contributed by atoms with Crippen LogP contribution in [0.1, 0.15) is 0 Å². The molecule has 0 radical (unpaired) electrons. The predicted molar refractivity (Wildman–Crippen MR) is 64.6 cm³/mol. The van der Waals surface area contributed by atoms with Crippen LogP contribution in [-0.4, -0.2) is 71.6 Å². The molecule has 1 rings (SSSR count). The second-order valence-electron chi connectivity index (χ2n) is 3.48. The summed E-state index contributed by atoms with van der Waals surface area (Å²) in [6.45, 7) is -1.45. The number of hydrogen-bond acceptors (Lipinski definition) is 7. The number of anilines is 1. The van der Waals surface area contributed by atoms with Crippen molar-refractivity contribution in [1.29, 1.82) is 0 Å². The van der Waals surface area contributed by atoms with E-state index in [4.69, 9.17) is 25.7 Å². The zero-order chi connectivity index (χ0) is 15.8. The van der Waals surface area contributed by atoms with E-state index in [9.17, 15) is 14.2 Å². The molecule has 0 aliphatic heterocycles. The van der Waals surface area contributed by atoms with Gasteiger partial charge in [0.2, 0.25) is 0 Å². The first-order valence-electron chi connectivity index (χ1n) is 4.92. The van der Waals surface area contributed by atoms with Gasteiger partial charge in [0.1, 0.15) is 6.29 Å². The van der Waals surface area contributed by atoms with Crippen molar-refractivity contribution in [2.45, 2.75) is 0 Å². The maximum absolute atomic E-state index is 10.5. The van der Waals surface area contributed by atoms with Gasteiger partial charge in [-0.15, -0.1) is 5.10 Å². The van der Waals surface area contributed by atoms with E-state index in [2.05, 4.69) is 15.4 Å². The fourth-order valence-corrected chi connectivity index (χ4v) is 1.73. The molecular weight excluding hydrogens is 297 g/mol. The van der Waals surface area contributed by atoms with Crippen LogP contribution >= 0.6 is 7.60 Å². The number of nitrogens with two attached hydrogens (primary N) is 1. The van der Waals surface area contributed by atoms with Crippen molar-refractivity contribution >= 4 is 25.4 Å². The monoisotopic (exact) mass is 311 g/mol. The van der Waals surface area contributed by atoms with Gasteiger partial charge in [-0.1, -0.05) is 5.21 Å². The Morgan fingerprint density at radius 3 is 2.00 bits per heavy atom. The smallest absolute Gasteiger partial charge is 0.339 e. The Morgan fingerprint density at radius 1 is 1.30 bits per heavy atom. The maximum Gasteiger partial charge on any atom is 0.339 e. The Kier molecular flexibility index (Phi) is 7.39. The summed E-state index contributed by atoms with van der Waals surface area (Å²) in [5, 5.41) is 25.8. The van der Waals surface area contributed by atoms with Crippen molar-refractivity contribution in [3.8, 4) is 0 Å². The van der Waals surface area contributed by atoms with Gasteiger partial charge < -0.3 is 25.7 Å². The van der Waals surface area contributed by atoms with E-state index in [1.807, 2.05) is 0 Å². The minimum atomic E-state index is -4.44. The fourth-order valence-electron chi connectivity index (χ4n) is 1.01. The normalized spacial score (nSPS) is 10.8. The summed E-state index contributed by atoms with van der Waals surface area (Å²) in [7, 11) is -4.44. The molecule has 0 amide bonds. The van der Waals surface area contributed by atoms with Gasteiger partial charge in [-0.05, 0) is 0 Å². The van der Waals surface area contributed by atoms with Crippen molar-refractivity contribution < 1.29 is 34.2 Å². The van der Waals surface area contributed by atoms with Gasteiger partial charge in [0.05, 0.1) is 19.3 Å². The molecule has 0 aliphatic carbocycles. The molecule has 0 saturated heterocycles. The minimum Gasteiger partial charge on any atom is -0.480 e. The lowest BCUT2D eigenvalue weighted by Crippen LogP contribution is -2.35. The number of aromatic nitrogens is 3. The second kappa shape index (κ2) is 8.22. The highest BCUT2D eigenvalue weighted by Gasteiger charge is 2.22. The first-order chi connectivity index (χ1) is 9.10. The predicted octanol–water partition coefficient (Wildman–Crippen LogP) is -2.02. The summed E-state index contributed by atoms with van der Waals surface area (Å²) in [6, 6.07) is 0. The summed E-state index contributed by atoms with van der Waals surface area (Å²) in [5.41, 5.74) is 5.07. The van der Waals surface area contributed by atoms with Crippen molar-refractivity contribution in [2.75, 3.05) is 25.1 Å². The van der Waals surface area contributed by atoms with E-state index in [-0.39, 0.29) is 0 Å². The highest BCUT2D eigenvalue weighted by molar-refractivity contribution is 7.51. The zero-order valence-electron chi connectivity index (χ0n) is 10.1. The van der Waals surface area contributed by atoms with Crippen LogP contribution in [0.2, 0.25) is 0 Å². The van der Waals surface area contributed by atoms with E-state index >= 15 is 0 Å². The Bertz CT molecular complexity index is 456. The maximum atomic E-state index is 10.5. The number of carbonyl (C=O) groups is 2. The number of aromatic amines is 1. The Balaban J connectivity index is 0.000000493. The van der Waals surface area contributed by atoms with Gasteiger partial charge in [0, 0.05) is 0 Å². The lowest BCUT2D eigenvalue weighted by Gasteiger charge is -2.17. The standard InChI is InChI=1S/C5H10NO7P.C2H4N4/c7-4(8)1-6(2-5(9)10)3-14(11,12)13;3-2-1-4-6-5-2/h1-3H2,(H,7,8)(H,9,10)(H2,11,12,13);1H,(H3,3,4,5,6). The molecule has 0 aliphatic rings. The number of carboxylic acid groups (broad SMARTS) is 2. The molecule has 13 heteroatoms. The summed E-state index contributed by atoms with van der Waals surface area (Å²) in [5.74, 6) is -2.27.